The van der Waals surface area contributed by atoms with Crippen LogP contribution in [0, 0.1) is 0 Å². The number of hydrogen-bond donors (Lipinski definition) is 1. The molecule has 1 N–H and O–H groups in total. The van der Waals surface area contributed by atoms with Gasteiger partial charge in [-0.25, -0.2) is 13.2 Å². The van der Waals surface area contributed by atoms with Crippen molar-refractivity contribution in [3.8, 4) is 0 Å². The van der Waals surface area contributed by atoms with Crippen molar-refractivity contribution in [2.24, 2.45) is 7.05 Å². The average molecular weight is 339 g/mol. The lowest BCUT2D eigenvalue weighted by atomic mass is 10.3. The van der Waals surface area contributed by atoms with E-state index in [1.165, 1.54) is 23.7 Å². The number of rotatable bonds is 3. The fourth-order valence-corrected chi connectivity index (χ4v) is 3.65. The lowest BCUT2D eigenvalue weighted by Crippen LogP contribution is -2.13. The predicted octanol–water partition coefficient (Wildman–Crippen LogP) is 2.59. The largest absolute Gasteiger partial charge is 0.419 e. The fraction of sp³-hybridized carbons (Fsp3) is 0.0714. The van der Waals surface area contributed by atoms with E-state index in [-0.39, 0.29) is 15.5 Å². The Hall–Kier alpha value is -2.25. The van der Waals surface area contributed by atoms with E-state index < -0.39 is 15.8 Å². The summed E-state index contributed by atoms with van der Waals surface area (Å²) in [5.74, 6) is -0.586. The van der Waals surface area contributed by atoms with Crippen molar-refractivity contribution in [3.63, 3.8) is 0 Å². The van der Waals surface area contributed by atoms with Gasteiger partial charge in [0, 0.05) is 18.8 Å². The molecule has 8 heteroatoms. The number of anilines is 1. The highest BCUT2D eigenvalue weighted by Crippen LogP contribution is 2.28. The van der Waals surface area contributed by atoms with Crippen molar-refractivity contribution in [3.05, 3.63) is 58.0 Å². The molecule has 0 radical (unpaired) electrons. The summed E-state index contributed by atoms with van der Waals surface area (Å²) in [4.78, 5) is 11.3. The number of halogens is 1. The summed E-state index contributed by atoms with van der Waals surface area (Å²) >= 11 is 6.06. The van der Waals surface area contributed by atoms with Crippen LogP contribution >= 0.6 is 11.6 Å². The Kier molecular flexibility index (Phi) is 3.46. The molecule has 0 bridgehead atoms. The molecule has 0 aliphatic heterocycles. The van der Waals surface area contributed by atoms with E-state index in [1.54, 1.807) is 30.3 Å². The van der Waals surface area contributed by atoms with Crippen LogP contribution in [0.15, 0.2) is 56.6 Å². The average Bonchev–Trinajstić information content (AvgIpc) is 2.74. The molecular weight excluding hydrogens is 328 g/mol. The van der Waals surface area contributed by atoms with Gasteiger partial charge in [-0.05, 0) is 18.2 Å². The second kappa shape index (κ2) is 5.19. The summed E-state index contributed by atoms with van der Waals surface area (Å²) in [6, 6.07) is 11.1. The number of fused-ring (bicyclic) bond motifs is 1. The molecule has 0 unspecified atom stereocenters. The lowest BCUT2D eigenvalue weighted by Gasteiger charge is -2.09. The van der Waals surface area contributed by atoms with E-state index in [0.29, 0.717) is 11.2 Å². The van der Waals surface area contributed by atoms with Crippen molar-refractivity contribution in [1.29, 1.82) is 0 Å². The summed E-state index contributed by atoms with van der Waals surface area (Å²) in [5.41, 5.74) is 0.993. The van der Waals surface area contributed by atoms with Gasteiger partial charge in [-0.2, -0.15) is 0 Å². The van der Waals surface area contributed by atoms with Crippen LogP contribution in [0.2, 0.25) is 5.02 Å². The zero-order valence-corrected chi connectivity index (χ0v) is 13.0. The summed E-state index contributed by atoms with van der Waals surface area (Å²) in [5, 5.41) is 0.00679. The van der Waals surface area contributed by atoms with E-state index in [9.17, 15) is 13.2 Å². The molecule has 3 aromatic rings. The number of aromatic nitrogens is 1. The molecule has 6 nitrogen and oxygen atoms in total. The van der Waals surface area contributed by atoms with E-state index >= 15 is 0 Å². The molecule has 0 amide bonds. The number of aryl methyl sites for hydroxylation is 1. The molecule has 0 aliphatic rings. The molecule has 1 heterocycles. The third kappa shape index (κ3) is 2.49. The summed E-state index contributed by atoms with van der Waals surface area (Å²) in [6.45, 7) is 0. The van der Waals surface area contributed by atoms with Crippen molar-refractivity contribution in [2.75, 3.05) is 4.72 Å². The molecule has 1 aromatic heterocycles. The van der Waals surface area contributed by atoms with E-state index in [0.717, 1.165) is 0 Å². The Morgan fingerprint density at radius 1 is 1.18 bits per heavy atom. The van der Waals surface area contributed by atoms with Crippen molar-refractivity contribution >= 4 is 38.4 Å². The summed E-state index contributed by atoms with van der Waals surface area (Å²) in [7, 11) is -2.38. The Balaban J connectivity index is 2.12. The van der Waals surface area contributed by atoms with Crippen LogP contribution in [-0.2, 0) is 17.1 Å². The van der Waals surface area contributed by atoms with Gasteiger partial charge in [-0.1, -0.05) is 29.8 Å². The Bertz CT molecular complexity index is 1010. The van der Waals surface area contributed by atoms with Gasteiger partial charge in [0.2, 0.25) is 0 Å². The fourth-order valence-electron chi connectivity index (χ4n) is 2.05. The Morgan fingerprint density at radius 2 is 1.86 bits per heavy atom. The van der Waals surface area contributed by atoms with Crippen LogP contribution in [0.25, 0.3) is 11.1 Å². The second-order valence-corrected chi connectivity index (χ2v) is 6.71. The third-order valence-corrected chi connectivity index (χ3v) is 5.01. The maximum Gasteiger partial charge on any atom is 0.419 e. The number of oxazole rings is 1. The molecule has 0 fully saturated rings. The van der Waals surface area contributed by atoms with E-state index in [4.69, 9.17) is 16.0 Å². The highest BCUT2D eigenvalue weighted by molar-refractivity contribution is 7.92. The minimum atomic E-state index is -3.89. The summed E-state index contributed by atoms with van der Waals surface area (Å²) in [6.07, 6.45) is 0. The molecule has 0 atom stereocenters. The van der Waals surface area contributed by atoms with Gasteiger partial charge < -0.3 is 4.42 Å². The normalized spacial score (nSPS) is 11.7. The third-order valence-electron chi connectivity index (χ3n) is 3.16. The minimum Gasteiger partial charge on any atom is -0.408 e. The molecule has 22 heavy (non-hydrogen) atoms. The number of nitrogens with zero attached hydrogens (tertiary/aromatic N) is 1. The van der Waals surface area contributed by atoms with Gasteiger partial charge >= 0.3 is 5.76 Å². The number of sulfonamides is 1. The van der Waals surface area contributed by atoms with Gasteiger partial charge in [-0.15, -0.1) is 0 Å². The Morgan fingerprint density at radius 3 is 2.55 bits per heavy atom. The van der Waals surface area contributed by atoms with Crippen molar-refractivity contribution < 1.29 is 12.8 Å². The van der Waals surface area contributed by atoms with Crippen molar-refractivity contribution in [2.45, 2.75) is 4.90 Å². The number of hydrogen-bond acceptors (Lipinski definition) is 4. The number of benzene rings is 2. The van der Waals surface area contributed by atoms with Crippen LogP contribution in [0.1, 0.15) is 0 Å². The topological polar surface area (TPSA) is 81.3 Å². The van der Waals surface area contributed by atoms with Crippen LogP contribution in [0.5, 0.6) is 0 Å². The highest BCUT2D eigenvalue weighted by Gasteiger charge is 2.21. The van der Waals surface area contributed by atoms with Crippen LogP contribution in [0.4, 0.5) is 5.69 Å². The minimum absolute atomic E-state index is 0.00679. The standard InChI is InChI=1S/C14H11ClN2O4S/c1-17-11-7-10(15)13(8-12(11)21-14(17)18)22(19,20)16-9-5-3-2-4-6-9/h2-8,16H,1H3. The lowest BCUT2D eigenvalue weighted by molar-refractivity contribution is 0.527. The highest BCUT2D eigenvalue weighted by atomic mass is 35.5. The number of nitrogens with one attached hydrogen (secondary N) is 1. The summed E-state index contributed by atoms with van der Waals surface area (Å²) < 4.78 is 33.5. The molecule has 2 aromatic carbocycles. The van der Waals surface area contributed by atoms with Crippen LogP contribution in [-0.4, -0.2) is 13.0 Å². The number of para-hydroxylation sites is 1. The second-order valence-electron chi connectivity index (χ2n) is 4.65. The van der Waals surface area contributed by atoms with Crippen LogP contribution < -0.4 is 10.5 Å². The molecule has 114 valence electrons. The zero-order valence-electron chi connectivity index (χ0n) is 11.4. The first-order valence-corrected chi connectivity index (χ1v) is 8.11. The molecule has 0 saturated carbocycles. The molecule has 0 spiro atoms. The molecular formula is C14H11ClN2O4S. The molecule has 3 rings (SSSR count). The van der Waals surface area contributed by atoms with Gasteiger partial charge in [0.05, 0.1) is 10.5 Å². The smallest absolute Gasteiger partial charge is 0.408 e. The quantitative estimate of drug-likeness (QED) is 0.795. The SMILES string of the molecule is Cn1c(=O)oc2cc(S(=O)(=O)Nc3ccccc3)c(Cl)cc21. The monoisotopic (exact) mass is 338 g/mol. The Labute approximate surface area is 131 Å². The van der Waals surface area contributed by atoms with Crippen LogP contribution in [0.3, 0.4) is 0 Å². The maximum atomic E-state index is 12.4. The predicted molar refractivity (Wildman–Crippen MR) is 83.7 cm³/mol. The zero-order chi connectivity index (χ0) is 15.9. The molecule has 0 saturated heterocycles. The first-order chi connectivity index (χ1) is 10.4. The van der Waals surface area contributed by atoms with Gasteiger partial charge in [-0.3, -0.25) is 9.29 Å². The molecule has 0 aliphatic carbocycles. The maximum absolute atomic E-state index is 12.4. The first-order valence-electron chi connectivity index (χ1n) is 6.25. The van der Waals surface area contributed by atoms with Crippen molar-refractivity contribution in [1.82, 2.24) is 4.57 Å². The van der Waals surface area contributed by atoms with E-state index in [1.807, 2.05) is 0 Å². The van der Waals surface area contributed by atoms with E-state index in [2.05, 4.69) is 4.72 Å². The van der Waals surface area contributed by atoms with Gasteiger partial charge in [0.25, 0.3) is 10.0 Å². The van der Waals surface area contributed by atoms with Gasteiger partial charge in [0.1, 0.15) is 4.90 Å². The van der Waals surface area contributed by atoms with Gasteiger partial charge in [0.15, 0.2) is 5.58 Å². The first kappa shape index (κ1) is 14.7.